The topological polar surface area (TPSA) is 52.3 Å². The van der Waals surface area contributed by atoms with Crippen LogP contribution in [0.4, 0.5) is 4.39 Å². The van der Waals surface area contributed by atoms with Crippen LogP contribution in [0.2, 0.25) is 0 Å². The van der Waals surface area contributed by atoms with Crippen LogP contribution >= 0.6 is 0 Å². The van der Waals surface area contributed by atoms with Crippen molar-refractivity contribution in [1.82, 2.24) is 5.16 Å². The number of aromatic nitrogens is 1. The number of ether oxygens (including phenoxy) is 1. The van der Waals surface area contributed by atoms with Gasteiger partial charge in [0.15, 0.2) is 5.76 Å². The number of hydrogen-bond acceptors (Lipinski definition) is 4. The van der Waals surface area contributed by atoms with Gasteiger partial charge in [-0.25, -0.2) is 4.39 Å². The van der Waals surface area contributed by atoms with Crippen molar-refractivity contribution in [3.05, 3.63) is 41.8 Å². The molecule has 1 aliphatic rings. The maximum Gasteiger partial charge on any atom is 0.309 e. The Hall–Kier alpha value is -2.17. The fraction of sp³-hybridized carbons (Fsp3) is 0.375. The van der Waals surface area contributed by atoms with Crippen molar-refractivity contribution in [3.63, 3.8) is 0 Å². The van der Waals surface area contributed by atoms with Crippen molar-refractivity contribution in [2.45, 2.75) is 32.3 Å². The predicted octanol–water partition coefficient (Wildman–Crippen LogP) is 3.71. The summed E-state index contributed by atoms with van der Waals surface area (Å²) < 4.78 is 24.0. The molecule has 0 N–H and O–H groups in total. The number of hydrogen-bond donors (Lipinski definition) is 0. The maximum absolute atomic E-state index is 13.6. The van der Waals surface area contributed by atoms with E-state index < -0.39 is 0 Å². The lowest BCUT2D eigenvalue weighted by atomic mass is 10.1. The van der Waals surface area contributed by atoms with Crippen molar-refractivity contribution in [2.24, 2.45) is 5.92 Å². The number of carbonyl (C=O) groups is 1. The van der Waals surface area contributed by atoms with Gasteiger partial charge in [0, 0.05) is 6.07 Å². The molecule has 1 aromatic carbocycles. The Morgan fingerprint density at radius 2 is 2.10 bits per heavy atom. The quantitative estimate of drug-likeness (QED) is 0.805. The van der Waals surface area contributed by atoms with E-state index in [2.05, 4.69) is 5.16 Å². The lowest BCUT2D eigenvalue weighted by molar-refractivity contribution is -0.149. The Bertz CT molecular complexity index is 632. The third-order valence-electron chi connectivity index (χ3n) is 3.75. The van der Waals surface area contributed by atoms with E-state index in [-0.39, 0.29) is 24.3 Å². The predicted molar refractivity (Wildman–Crippen MR) is 73.7 cm³/mol. The summed E-state index contributed by atoms with van der Waals surface area (Å²) in [6, 6.07) is 7.91. The standard InChI is InChI=1S/C16H16FNO3/c17-14-8-4-3-7-13(14)15-9-12(18-21-15)10-20-16(19)11-5-1-2-6-11/h3-4,7-9,11H,1-2,5-6,10H2. The summed E-state index contributed by atoms with van der Waals surface area (Å²) in [5, 5.41) is 3.81. The Labute approximate surface area is 121 Å². The Morgan fingerprint density at radius 3 is 2.86 bits per heavy atom. The molecular weight excluding hydrogens is 273 g/mol. The summed E-state index contributed by atoms with van der Waals surface area (Å²) in [4.78, 5) is 11.8. The third kappa shape index (κ3) is 3.12. The zero-order valence-electron chi connectivity index (χ0n) is 11.5. The average molecular weight is 289 g/mol. The van der Waals surface area contributed by atoms with Gasteiger partial charge >= 0.3 is 5.97 Å². The highest BCUT2D eigenvalue weighted by molar-refractivity contribution is 5.72. The van der Waals surface area contributed by atoms with Gasteiger partial charge in [-0.2, -0.15) is 0 Å². The highest BCUT2D eigenvalue weighted by Crippen LogP contribution is 2.27. The molecule has 21 heavy (non-hydrogen) atoms. The summed E-state index contributed by atoms with van der Waals surface area (Å²) in [5.74, 6) is -0.200. The normalized spacial score (nSPS) is 15.3. The first-order valence-electron chi connectivity index (χ1n) is 7.11. The first-order chi connectivity index (χ1) is 10.2. The van der Waals surface area contributed by atoms with Gasteiger partial charge in [-0.05, 0) is 25.0 Å². The Balaban J connectivity index is 1.63. The van der Waals surface area contributed by atoms with Crippen LogP contribution in [-0.2, 0) is 16.1 Å². The molecule has 2 aromatic rings. The zero-order valence-corrected chi connectivity index (χ0v) is 11.5. The second-order valence-corrected chi connectivity index (χ2v) is 5.25. The molecule has 0 radical (unpaired) electrons. The largest absolute Gasteiger partial charge is 0.459 e. The molecule has 0 unspecified atom stereocenters. The zero-order chi connectivity index (χ0) is 14.7. The molecule has 0 bridgehead atoms. The van der Waals surface area contributed by atoms with Gasteiger partial charge < -0.3 is 9.26 Å². The monoisotopic (exact) mass is 289 g/mol. The van der Waals surface area contributed by atoms with Crippen LogP contribution in [0.3, 0.4) is 0 Å². The van der Waals surface area contributed by atoms with Gasteiger partial charge in [-0.3, -0.25) is 4.79 Å². The molecule has 0 aliphatic heterocycles. The van der Waals surface area contributed by atoms with Crippen LogP contribution in [0.15, 0.2) is 34.9 Å². The Kier molecular flexibility index (Phi) is 3.99. The summed E-state index contributed by atoms with van der Waals surface area (Å²) >= 11 is 0. The summed E-state index contributed by atoms with van der Waals surface area (Å²) in [5.41, 5.74) is 0.831. The molecule has 0 atom stereocenters. The SMILES string of the molecule is O=C(OCc1cc(-c2ccccc2F)on1)C1CCCC1. The second kappa shape index (κ2) is 6.08. The van der Waals surface area contributed by atoms with E-state index in [1.807, 2.05) is 0 Å². The number of carbonyl (C=O) groups excluding carboxylic acids is 1. The number of benzene rings is 1. The molecule has 0 saturated heterocycles. The van der Waals surface area contributed by atoms with Gasteiger partial charge in [0.2, 0.25) is 0 Å². The lowest BCUT2D eigenvalue weighted by Crippen LogP contribution is -2.14. The molecule has 0 spiro atoms. The molecule has 1 aromatic heterocycles. The van der Waals surface area contributed by atoms with Crippen LogP contribution in [0.25, 0.3) is 11.3 Å². The fourth-order valence-corrected chi connectivity index (χ4v) is 2.59. The lowest BCUT2D eigenvalue weighted by Gasteiger charge is -2.07. The van der Waals surface area contributed by atoms with Gasteiger partial charge in [0.1, 0.15) is 18.1 Å². The van der Waals surface area contributed by atoms with Crippen LogP contribution in [0, 0.1) is 11.7 Å². The van der Waals surface area contributed by atoms with Gasteiger partial charge in [-0.1, -0.05) is 30.1 Å². The number of halogens is 1. The van der Waals surface area contributed by atoms with Gasteiger partial charge in [-0.15, -0.1) is 0 Å². The van der Waals surface area contributed by atoms with E-state index in [1.165, 1.54) is 6.07 Å². The van der Waals surface area contributed by atoms with Crippen LogP contribution < -0.4 is 0 Å². The van der Waals surface area contributed by atoms with E-state index in [0.29, 0.717) is 17.0 Å². The van der Waals surface area contributed by atoms with Crippen LogP contribution in [0.5, 0.6) is 0 Å². The molecule has 4 nitrogen and oxygen atoms in total. The van der Waals surface area contributed by atoms with Crippen molar-refractivity contribution in [1.29, 1.82) is 0 Å². The summed E-state index contributed by atoms with van der Waals surface area (Å²) in [6.07, 6.45) is 3.97. The van der Waals surface area contributed by atoms with Crippen LogP contribution in [-0.4, -0.2) is 11.1 Å². The molecule has 1 saturated carbocycles. The van der Waals surface area contributed by atoms with Crippen LogP contribution in [0.1, 0.15) is 31.4 Å². The first-order valence-corrected chi connectivity index (χ1v) is 7.11. The number of esters is 1. The van der Waals surface area contributed by atoms with E-state index in [9.17, 15) is 9.18 Å². The molecule has 5 heteroatoms. The Morgan fingerprint density at radius 1 is 1.33 bits per heavy atom. The maximum atomic E-state index is 13.6. The molecule has 1 fully saturated rings. The van der Waals surface area contributed by atoms with Crippen molar-refractivity contribution >= 4 is 5.97 Å². The molecular formula is C16H16FNO3. The minimum Gasteiger partial charge on any atom is -0.459 e. The van der Waals surface area contributed by atoms with Gasteiger partial charge in [0.25, 0.3) is 0 Å². The van der Waals surface area contributed by atoms with E-state index in [0.717, 1.165) is 25.7 Å². The minimum absolute atomic E-state index is 0.0166. The first kappa shape index (κ1) is 13.8. The number of rotatable bonds is 4. The molecule has 110 valence electrons. The van der Waals surface area contributed by atoms with E-state index >= 15 is 0 Å². The second-order valence-electron chi connectivity index (χ2n) is 5.25. The number of nitrogens with zero attached hydrogens (tertiary/aromatic N) is 1. The van der Waals surface area contributed by atoms with E-state index in [1.54, 1.807) is 24.3 Å². The molecule has 3 rings (SSSR count). The third-order valence-corrected chi connectivity index (χ3v) is 3.75. The summed E-state index contributed by atoms with van der Waals surface area (Å²) in [7, 11) is 0. The molecule has 1 heterocycles. The highest BCUT2D eigenvalue weighted by atomic mass is 19.1. The fourth-order valence-electron chi connectivity index (χ4n) is 2.59. The highest BCUT2D eigenvalue weighted by Gasteiger charge is 2.24. The van der Waals surface area contributed by atoms with Crippen molar-refractivity contribution in [2.75, 3.05) is 0 Å². The van der Waals surface area contributed by atoms with Crippen molar-refractivity contribution in [3.8, 4) is 11.3 Å². The van der Waals surface area contributed by atoms with E-state index in [4.69, 9.17) is 9.26 Å². The smallest absolute Gasteiger partial charge is 0.309 e. The molecule has 1 aliphatic carbocycles. The summed E-state index contributed by atoms with van der Waals surface area (Å²) in [6.45, 7) is 0.0628. The average Bonchev–Trinajstić information content (AvgIpc) is 3.17. The molecule has 0 amide bonds. The van der Waals surface area contributed by atoms with Crippen molar-refractivity contribution < 1.29 is 18.4 Å². The minimum atomic E-state index is -0.372. The van der Waals surface area contributed by atoms with Gasteiger partial charge in [0.05, 0.1) is 11.5 Å².